The number of piperidine rings is 1. The minimum absolute atomic E-state index is 0.0596. The van der Waals surface area contributed by atoms with E-state index in [-0.39, 0.29) is 12.0 Å². The second kappa shape index (κ2) is 6.00. The third kappa shape index (κ3) is 2.47. The number of nitrogens with zero attached hydrogens (tertiary/aromatic N) is 2. The molecule has 20 heavy (non-hydrogen) atoms. The Bertz CT molecular complexity index is 363. The third-order valence-corrected chi connectivity index (χ3v) is 5.41. The van der Waals surface area contributed by atoms with E-state index in [1.54, 1.807) is 0 Å². The maximum atomic E-state index is 11.4. The van der Waals surface area contributed by atoms with E-state index < -0.39 is 5.97 Å². The number of likely N-dealkylation sites (N-methyl/N-ethyl adjacent to an activating group) is 1. The lowest BCUT2D eigenvalue weighted by molar-refractivity contribution is -0.143. The highest BCUT2D eigenvalue weighted by Gasteiger charge is 2.45. The van der Waals surface area contributed by atoms with Gasteiger partial charge in [0.1, 0.15) is 0 Å². The fourth-order valence-corrected chi connectivity index (χ4v) is 4.43. The van der Waals surface area contributed by atoms with E-state index in [1.165, 1.54) is 38.8 Å². The highest BCUT2D eigenvalue weighted by molar-refractivity contribution is 5.71. The lowest BCUT2D eigenvalue weighted by atomic mass is 9.94. The highest BCUT2D eigenvalue weighted by atomic mass is 16.5. The molecule has 4 unspecified atom stereocenters. The third-order valence-electron chi connectivity index (χ3n) is 5.41. The largest absolute Gasteiger partial charge is 0.481 e. The Kier molecular flexibility index (Phi) is 4.29. The SMILES string of the molecule is CCN(C1COCC1C(=O)O)C1CCN2CCCCC12. The van der Waals surface area contributed by atoms with Gasteiger partial charge in [-0.05, 0) is 32.4 Å². The predicted molar refractivity (Wildman–Crippen MR) is 75.7 cm³/mol. The summed E-state index contributed by atoms with van der Waals surface area (Å²) in [6.07, 6.45) is 5.09. The first-order valence-corrected chi connectivity index (χ1v) is 8.02. The van der Waals surface area contributed by atoms with Gasteiger partial charge in [0.05, 0.1) is 19.1 Å². The van der Waals surface area contributed by atoms with Crippen molar-refractivity contribution in [2.45, 2.75) is 50.7 Å². The molecule has 0 amide bonds. The van der Waals surface area contributed by atoms with Crippen LogP contribution >= 0.6 is 0 Å². The van der Waals surface area contributed by atoms with E-state index in [0.717, 1.165) is 6.54 Å². The summed E-state index contributed by atoms with van der Waals surface area (Å²) < 4.78 is 5.47. The lowest BCUT2D eigenvalue weighted by Gasteiger charge is -2.40. The molecule has 1 N–H and O–H groups in total. The van der Waals surface area contributed by atoms with Crippen LogP contribution in [0.3, 0.4) is 0 Å². The lowest BCUT2D eigenvalue weighted by Crippen LogP contribution is -2.53. The molecule has 0 bridgehead atoms. The van der Waals surface area contributed by atoms with Crippen LogP contribution in [-0.2, 0) is 9.53 Å². The molecule has 0 saturated carbocycles. The summed E-state index contributed by atoms with van der Waals surface area (Å²) in [5.41, 5.74) is 0. The molecule has 0 aromatic rings. The van der Waals surface area contributed by atoms with Crippen molar-refractivity contribution in [2.24, 2.45) is 5.92 Å². The van der Waals surface area contributed by atoms with Crippen molar-refractivity contribution in [3.05, 3.63) is 0 Å². The van der Waals surface area contributed by atoms with Gasteiger partial charge in [0.15, 0.2) is 0 Å². The fourth-order valence-electron chi connectivity index (χ4n) is 4.43. The first-order valence-electron chi connectivity index (χ1n) is 8.02. The van der Waals surface area contributed by atoms with Gasteiger partial charge in [-0.2, -0.15) is 0 Å². The Hall–Kier alpha value is -0.650. The second-order valence-corrected chi connectivity index (χ2v) is 6.34. The molecule has 5 nitrogen and oxygen atoms in total. The van der Waals surface area contributed by atoms with Gasteiger partial charge in [0, 0.05) is 24.7 Å². The number of carboxylic acid groups (broad SMARTS) is 1. The number of ether oxygens (including phenoxy) is 1. The average Bonchev–Trinajstić information content (AvgIpc) is 3.07. The van der Waals surface area contributed by atoms with Crippen LogP contribution in [0.15, 0.2) is 0 Å². The smallest absolute Gasteiger partial charge is 0.310 e. The summed E-state index contributed by atoms with van der Waals surface area (Å²) in [5, 5.41) is 9.39. The van der Waals surface area contributed by atoms with Crippen LogP contribution in [0.1, 0.15) is 32.6 Å². The van der Waals surface area contributed by atoms with Crippen molar-refractivity contribution < 1.29 is 14.6 Å². The number of carboxylic acids is 1. The Morgan fingerprint density at radius 3 is 2.85 bits per heavy atom. The average molecular weight is 282 g/mol. The van der Waals surface area contributed by atoms with Gasteiger partial charge in [-0.25, -0.2) is 0 Å². The van der Waals surface area contributed by atoms with Crippen molar-refractivity contribution in [2.75, 3.05) is 32.8 Å². The molecule has 0 spiro atoms. The van der Waals surface area contributed by atoms with Gasteiger partial charge < -0.3 is 9.84 Å². The van der Waals surface area contributed by atoms with Crippen LogP contribution in [0.2, 0.25) is 0 Å². The predicted octanol–water partition coefficient (Wildman–Crippen LogP) is 1.03. The van der Waals surface area contributed by atoms with Crippen molar-refractivity contribution >= 4 is 5.97 Å². The van der Waals surface area contributed by atoms with Crippen LogP contribution < -0.4 is 0 Å². The van der Waals surface area contributed by atoms with E-state index >= 15 is 0 Å². The van der Waals surface area contributed by atoms with Crippen molar-refractivity contribution in [3.8, 4) is 0 Å². The Morgan fingerprint density at radius 1 is 1.25 bits per heavy atom. The normalized spacial score (nSPS) is 38.3. The van der Waals surface area contributed by atoms with Gasteiger partial charge >= 0.3 is 5.97 Å². The zero-order valence-electron chi connectivity index (χ0n) is 12.3. The van der Waals surface area contributed by atoms with Crippen LogP contribution in [0, 0.1) is 5.92 Å². The summed E-state index contributed by atoms with van der Waals surface area (Å²) in [4.78, 5) is 16.5. The zero-order valence-corrected chi connectivity index (χ0v) is 12.3. The van der Waals surface area contributed by atoms with Crippen LogP contribution in [0.5, 0.6) is 0 Å². The molecular weight excluding hydrogens is 256 g/mol. The quantitative estimate of drug-likeness (QED) is 0.835. The van der Waals surface area contributed by atoms with Crippen LogP contribution in [0.4, 0.5) is 0 Å². The number of aliphatic carboxylic acids is 1. The Balaban J connectivity index is 1.74. The summed E-state index contributed by atoms with van der Waals surface area (Å²) in [6.45, 7) is 6.43. The van der Waals surface area contributed by atoms with Crippen molar-refractivity contribution in [1.82, 2.24) is 9.80 Å². The first-order chi connectivity index (χ1) is 9.72. The number of rotatable bonds is 4. The number of carbonyl (C=O) groups is 1. The van der Waals surface area contributed by atoms with Crippen molar-refractivity contribution in [3.63, 3.8) is 0 Å². The van der Waals surface area contributed by atoms with Gasteiger partial charge in [0.25, 0.3) is 0 Å². The number of hydrogen-bond acceptors (Lipinski definition) is 4. The molecule has 0 radical (unpaired) electrons. The summed E-state index contributed by atoms with van der Waals surface area (Å²) in [6, 6.07) is 1.22. The molecular formula is C15H26N2O3. The maximum absolute atomic E-state index is 11.4. The number of hydrogen-bond donors (Lipinski definition) is 1. The molecule has 3 heterocycles. The van der Waals surface area contributed by atoms with Gasteiger partial charge in [-0.1, -0.05) is 13.3 Å². The summed E-state index contributed by atoms with van der Waals surface area (Å²) in [7, 11) is 0. The molecule has 3 rings (SSSR count). The molecule has 0 aromatic heterocycles. The van der Waals surface area contributed by atoms with Crippen LogP contribution in [-0.4, -0.2) is 71.8 Å². The molecule has 4 atom stereocenters. The monoisotopic (exact) mass is 282 g/mol. The summed E-state index contributed by atoms with van der Waals surface area (Å²) >= 11 is 0. The number of fused-ring (bicyclic) bond motifs is 1. The summed E-state index contributed by atoms with van der Waals surface area (Å²) in [5.74, 6) is -1.06. The molecule has 114 valence electrons. The topological polar surface area (TPSA) is 53.0 Å². The van der Waals surface area contributed by atoms with E-state index in [2.05, 4.69) is 16.7 Å². The van der Waals surface area contributed by atoms with E-state index in [1.807, 2.05) is 0 Å². The van der Waals surface area contributed by atoms with E-state index in [0.29, 0.717) is 25.3 Å². The highest BCUT2D eigenvalue weighted by Crippen LogP contribution is 2.33. The van der Waals surface area contributed by atoms with Gasteiger partial charge in [-0.15, -0.1) is 0 Å². The Morgan fingerprint density at radius 2 is 2.10 bits per heavy atom. The van der Waals surface area contributed by atoms with E-state index in [9.17, 15) is 9.90 Å². The fraction of sp³-hybridized carbons (Fsp3) is 0.933. The zero-order chi connectivity index (χ0) is 14.1. The van der Waals surface area contributed by atoms with Gasteiger partial charge in [-0.3, -0.25) is 14.6 Å². The van der Waals surface area contributed by atoms with Crippen molar-refractivity contribution in [1.29, 1.82) is 0 Å². The Labute approximate surface area is 120 Å². The van der Waals surface area contributed by atoms with Gasteiger partial charge in [0.2, 0.25) is 0 Å². The standard InChI is InChI=1S/C15H26N2O3/c1-2-17(14-10-20-9-11(14)15(18)19)13-6-8-16-7-4-3-5-12(13)16/h11-14H,2-10H2,1H3,(H,18,19). The first kappa shape index (κ1) is 14.3. The molecule has 3 saturated heterocycles. The molecule has 0 aliphatic carbocycles. The van der Waals surface area contributed by atoms with Crippen LogP contribution in [0.25, 0.3) is 0 Å². The minimum atomic E-state index is -0.704. The molecule has 3 fully saturated rings. The van der Waals surface area contributed by atoms with E-state index in [4.69, 9.17) is 4.74 Å². The molecule has 0 aromatic carbocycles. The molecule has 3 aliphatic heterocycles. The molecule has 5 heteroatoms. The minimum Gasteiger partial charge on any atom is -0.481 e. The molecule has 3 aliphatic rings. The maximum Gasteiger partial charge on any atom is 0.310 e. The second-order valence-electron chi connectivity index (χ2n) is 6.34.